The monoisotopic (exact) mass is 347 g/mol. The van der Waals surface area contributed by atoms with Crippen LogP contribution in [-0.4, -0.2) is 25.1 Å². The lowest BCUT2D eigenvalue weighted by molar-refractivity contribution is -0.114. The summed E-state index contributed by atoms with van der Waals surface area (Å²) in [7, 11) is 0. The van der Waals surface area contributed by atoms with E-state index in [0.717, 1.165) is 5.56 Å². The average molecular weight is 347 g/mol. The number of carbonyl (C=O) groups excluding carboxylic acids is 1. The summed E-state index contributed by atoms with van der Waals surface area (Å²) in [5, 5.41) is 11.6. The molecule has 0 saturated heterocycles. The predicted octanol–water partition coefficient (Wildman–Crippen LogP) is 2.36. The van der Waals surface area contributed by atoms with E-state index in [1.165, 1.54) is 6.92 Å². The number of rotatable bonds is 3. The molecule has 2 heterocycles. The number of aromatic nitrogens is 4. The van der Waals surface area contributed by atoms with Crippen molar-refractivity contribution in [1.29, 1.82) is 0 Å². The Morgan fingerprint density at radius 2 is 1.88 bits per heavy atom. The lowest BCUT2D eigenvalue weighted by Crippen LogP contribution is -2.24. The number of hydrogen-bond donors (Lipinski definition) is 1. The highest BCUT2D eigenvalue weighted by Gasteiger charge is 2.15. The van der Waals surface area contributed by atoms with Gasteiger partial charge >= 0.3 is 0 Å². The minimum Gasteiger partial charge on any atom is -0.326 e. The number of nitrogens with zero attached hydrogens (tertiary/aromatic N) is 4. The zero-order valence-corrected chi connectivity index (χ0v) is 14.4. The maximum Gasteiger partial charge on any atom is 0.263 e. The van der Waals surface area contributed by atoms with Crippen LogP contribution < -0.4 is 10.9 Å². The van der Waals surface area contributed by atoms with Crippen LogP contribution >= 0.6 is 0 Å². The number of benzene rings is 2. The number of amides is 1. The van der Waals surface area contributed by atoms with Crippen LogP contribution in [0.25, 0.3) is 16.7 Å². The molecule has 0 bridgehead atoms. The van der Waals surface area contributed by atoms with Crippen LogP contribution in [0, 0.1) is 6.92 Å². The summed E-state index contributed by atoms with van der Waals surface area (Å²) >= 11 is 0. The summed E-state index contributed by atoms with van der Waals surface area (Å²) in [6, 6.07) is 15.0. The van der Waals surface area contributed by atoms with Crippen LogP contribution in [0.4, 0.5) is 5.69 Å². The smallest absolute Gasteiger partial charge is 0.263 e. The maximum absolute atomic E-state index is 13.2. The molecule has 0 unspecified atom stereocenters. The molecule has 0 aliphatic heterocycles. The molecule has 0 aliphatic carbocycles. The molecule has 0 aliphatic rings. The number of carbonyl (C=O) groups is 1. The molecule has 0 atom stereocenters. The molecule has 26 heavy (non-hydrogen) atoms. The van der Waals surface area contributed by atoms with Gasteiger partial charge in [-0.15, -0.1) is 10.2 Å². The van der Waals surface area contributed by atoms with Gasteiger partial charge in [-0.05, 0) is 30.7 Å². The van der Waals surface area contributed by atoms with E-state index in [1.807, 2.05) is 41.7 Å². The first-order valence-corrected chi connectivity index (χ1v) is 8.24. The van der Waals surface area contributed by atoms with Crippen LogP contribution in [0.2, 0.25) is 0 Å². The van der Waals surface area contributed by atoms with Gasteiger partial charge in [-0.25, -0.2) is 0 Å². The van der Waals surface area contributed by atoms with E-state index < -0.39 is 0 Å². The highest BCUT2D eigenvalue weighted by molar-refractivity contribution is 5.92. The van der Waals surface area contributed by atoms with Crippen molar-refractivity contribution in [3.8, 4) is 0 Å². The minimum atomic E-state index is -0.185. The standard InChI is InChI=1S/C19H17N5O2/c1-12-21-22-19-23(11-14-6-4-3-5-7-14)18(26)16-10-15(20-13(2)25)8-9-17(16)24(12)19/h3-10H,11H2,1-2H3,(H,20,25). The van der Waals surface area contributed by atoms with Gasteiger partial charge in [-0.1, -0.05) is 30.3 Å². The first-order chi connectivity index (χ1) is 12.5. The largest absolute Gasteiger partial charge is 0.326 e. The Balaban J connectivity index is 2.01. The molecule has 4 rings (SSSR count). The van der Waals surface area contributed by atoms with Crippen LogP contribution in [0.1, 0.15) is 18.3 Å². The number of nitrogens with one attached hydrogen (secondary N) is 1. The number of fused-ring (bicyclic) bond motifs is 3. The summed E-state index contributed by atoms with van der Waals surface area (Å²) in [6.45, 7) is 3.67. The molecule has 2 aromatic heterocycles. The molecule has 0 radical (unpaired) electrons. The van der Waals surface area contributed by atoms with Crippen LogP contribution in [-0.2, 0) is 11.3 Å². The molecule has 7 nitrogen and oxygen atoms in total. The number of aryl methyl sites for hydroxylation is 1. The van der Waals surface area contributed by atoms with Crippen molar-refractivity contribution in [3.63, 3.8) is 0 Å². The van der Waals surface area contributed by atoms with E-state index in [-0.39, 0.29) is 11.5 Å². The molecule has 4 aromatic rings. The van der Waals surface area contributed by atoms with Gasteiger partial charge in [0.05, 0.1) is 17.4 Å². The molecular weight excluding hydrogens is 330 g/mol. The average Bonchev–Trinajstić information content (AvgIpc) is 3.01. The van der Waals surface area contributed by atoms with Crippen molar-refractivity contribution < 1.29 is 4.79 Å². The van der Waals surface area contributed by atoms with Crippen LogP contribution in [0.5, 0.6) is 0 Å². The molecule has 1 amide bonds. The zero-order valence-electron chi connectivity index (χ0n) is 14.4. The highest BCUT2D eigenvalue weighted by Crippen LogP contribution is 2.19. The third-order valence-corrected chi connectivity index (χ3v) is 4.27. The SMILES string of the molecule is CC(=O)Nc1ccc2c(c1)c(=O)n(Cc1ccccc1)c1nnc(C)n21. The summed E-state index contributed by atoms with van der Waals surface area (Å²) < 4.78 is 3.46. The molecular formula is C19H17N5O2. The summed E-state index contributed by atoms with van der Waals surface area (Å²) in [5.74, 6) is 1.01. The van der Waals surface area contributed by atoms with Gasteiger partial charge in [0.15, 0.2) is 0 Å². The van der Waals surface area contributed by atoms with E-state index >= 15 is 0 Å². The van der Waals surface area contributed by atoms with E-state index in [1.54, 1.807) is 22.8 Å². The van der Waals surface area contributed by atoms with Crippen molar-refractivity contribution in [2.24, 2.45) is 0 Å². The van der Waals surface area contributed by atoms with Crippen molar-refractivity contribution in [3.05, 3.63) is 70.3 Å². The number of anilines is 1. The van der Waals surface area contributed by atoms with Crippen LogP contribution in [0.3, 0.4) is 0 Å². The van der Waals surface area contributed by atoms with Gasteiger partial charge < -0.3 is 5.32 Å². The van der Waals surface area contributed by atoms with Gasteiger partial charge in [0.2, 0.25) is 11.7 Å². The lowest BCUT2D eigenvalue weighted by Gasteiger charge is -2.12. The zero-order chi connectivity index (χ0) is 18.3. The summed E-state index contributed by atoms with van der Waals surface area (Å²) in [4.78, 5) is 24.5. The fourth-order valence-corrected chi connectivity index (χ4v) is 3.14. The van der Waals surface area contributed by atoms with Gasteiger partial charge in [0.1, 0.15) is 5.82 Å². The second-order valence-corrected chi connectivity index (χ2v) is 6.17. The second-order valence-electron chi connectivity index (χ2n) is 6.17. The predicted molar refractivity (Wildman–Crippen MR) is 99.3 cm³/mol. The molecule has 0 saturated carbocycles. The number of hydrogen-bond acceptors (Lipinski definition) is 4. The molecule has 2 aromatic carbocycles. The van der Waals surface area contributed by atoms with Crippen molar-refractivity contribution >= 4 is 28.3 Å². The quantitative estimate of drug-likeness (QED) is 0.617. The molecule has 1 N–H and O–H groups in total. The van der Waals surface area contributed by atoms with Gasteiger partial charge in [0.25, 0.3) is 5.56 Å². The van der Waals surface area contributed by atoms with Crippen molar-refractivity contribution in [1.82, 2.24) is 19.2 Å². The Labute approximate surface area is 148 Å². The van der Waals surface area contributed by atoms with E-state index in [4.69, 9.17) is 0 Å². The molecule has 0 spiro atoms. The Morgan fingerprint density at radius 3 is 2.62 bits per heavy atom. The topological polar surface area (TPSA) is 81.3 Å². The normalized spacial score (nSPS) is 11.2. The van der Waals surface area contributed by atoms with Gasteiger partial charge in [-0.3, -0.25) is 18.6 Å². The third-order valence-electron chi connectivity index (χ3n) is 4.27. The van der Waals surface area contributed by atoms with Crippen molar-refractivity contribution in [2.45, 2.75) is 20.4 Å². The van der Waals surface area contributed by atoms with E-state index in [2.05, 4.69) is 15.5 Å². The Morgan fingerprint density at radius 1 is 1.12 bits per heavy atom. The fourth-order valence-electron chi connectivity index (χ4n) is 3.14. The second kappa shape index (κ2) is 6.11. The maximum atomic E-state index is 13.2. The van der Waals surface area contributed by atoms with Gasteiger partial charge in [-0.2, -0.15) is 0 Å². The first-order valence-electron chi connectivity index (χ1n) is 8.24. The Kier molecular flexibility index (Phi) is 3.76. The van der Waals surface area contributed by atoms with Crippen LogP contribution in [0.15, 0.2) is 53.3 Å². The third kappa shape index (κ3) is 2.63. The van der Waals surface area contributed by atoms with Gasteiger partial charge in [0, 0.05) is 12.6 Å². The summed E-state index contributed by atoms with van der Waals surface area (Å²) in [6.07, 6.45) is 0. The highest BCUT2D eigenvalue weighted by atomic mass is 16.1. The minimum absolute atomic E-state index is 0.170. The first kappa shape index (κ1) is 16.0. The molecule has 7 heteroatoms. The lowest BCUT2D eigenvalue weighted by atomic mass is 10.2. The molecule has 130 valence electrons. The Hall–Kier alpha value is -3.48. The van der Waals surface area contributed by atoms with E-state index in [0.29, 0.717) is 34.7 Å². The fraction of sp³-hybridized carbons (Fsp3) is 0.158. The molecule has 0 fully saturated rings. The van der Waals surface area contributed by atoms with E-state index in [9.17, 15) is 9.59 Å². The van der Waals surface area contributed by atoms with Crippen molar-refractivity contribution in [2.75, 3.05) is 5.32 Å². The Bertz CT molecular complexity index is 1190. The summed E-state index contributed by atoms with van der Waals surface area (Å²) in [5.41, 5.74) is 2.12.